The van der Waals surface area contributed by atoms with Crippen LogP contribution in [0.2, 0.25) is 0 Å². The van der Waals surface area contributed by atoms with E-state index in [1.807, 2.05) is 30.3 Å². The van der Waals surface area contributed by atoms with E-state index in [1.54, 1.807) is 12.2 Å². The van der Waals surface area contributed by atoms with Gasteiger partial charge in [-0.25, -0.2) is 4.79 Å². The van der Waals surface area contributed by atoms with Crippen molar-refractivity contribution in [1.29, 1.82) is 0 Å². The van der Waals surface area contributed by atoms with E-state index in [1.165, 1.54) is 11.8 Å². The van der Waals surface area contributed by atoms with Crippen LogP contribution in [0.4, 0.5) is 0 Å². The molecule has 8 nitrogen and oxygen atoms in total. The average Bonchev–Trinajstić information content (AvgIpc) is 3.02. The van der Waals surface area contributed by atoms with Crippen molar-refractivity contribution < 1.29 is 33.4 Å². The lowest BCUT2D eigenvalue weighted by molar-refractivity contribution is -0.166. The molecule has 1 amide bonds. The summed E-state index contributed by atoms with van der Waals surface area (Å²) in [6.07, 6.45) is 3.57. The molecule has 2 aliphatic heterocycles. The zero-order valence-corrected chi connectivity index (χ0v) is 15.9. The van der Waals surface area contributed by atoms with Gasteiger partial charge in [-0.1, -0.05) is 42.5 Å². The van der Waals surface area contributed by atoms with Crippen LogP contribution in [0.1, 0.15) is 25.3 Å². The molecule has 3 rings (SSSR count). The third kappa shape index (κ3) is 4.71. The molecule has 0 radical (unpaired) electrons. The Hall–Kier alpha value is -3.42. The number of benzene rings is 1. The first-order valence-corrected chi connectivity index (χ1v) is 9.16. The Morgan fingerprint density at radius 3 is 2.62 bits per heavy atom. The van der Waals surface area contributed by atoms with Crippen molar-refractivity contribution in [1.82, 2.24) is 4.90 Å². The number of carbonyl (C=O) groups excluding carboxylic acids is 4. The number of aldehydes is 1. The maximum Gasteiger partial charge on any atom is 0.337 e. The van der Waals surface area contributed by atoms with E-state index in [2.05, 4.69) is 0 Å². The summed E-state index contributed by atoms with van der Waals surface area (Å²) in [4.78, 5) is 48.4. The third-order valence-electron chi connectivity index (χ3n) is 4.53. The minimum absolute atomic E-state index is 0.0505. The van der Waals surface area contributed by atoms with E-state index in [4.69, 9.17) is 14.2 Å². The van der Waals surface area contributed by atoms with Gasteiger partial charge in [-0.15, -0.1) is 0 Å². The lowest BCUT2D eigenvalue weighted by Gasteiger charge is -2.33. The Balaban J connectivity index is 1.73. The summed E-state index contributed by atoms with van der Waals surface area (Å²) in [7, 11) is 0. The van der Waals surface area contributed by atoms with Crippen LogP contribution >= 0.6 is 0 Å². The third-order valence-corrected chi connectivity index (χ3v) is 4.53. The first-order valence-electron chi connectivity index (χ1n) is 9.16. The smallest absolute Gasteiger partial charge is 0.337 e. The van der Waals surface area contributed by atoms with Crippen molar-refractivity contribution in [2.75, 3.05) is 6.61 Å². The molecule has 0 bridgehead atoms. The summed E-state index contributed by atoms with van der Waals surface area (Å²) in [5.41, 5.74) is 1.04. The van der Waals surface area contributed by atoms with Crippen LogP contribution in [0.5, 0.6) is 0 Å². The highest BCUT2D eigenvalue weighted by molar-refractivity contribution is 5.93. The largest absolute Gasteiger partial charge is 0.471 e. The Morgan fingerprint density at radius 2 is 1.97 bits per heavy atom. The molecule has 0 spiro atoms. The van der Waals surface area contributed by atoms with Crippen molar-refractivity contribution in [3.8, 4) is 0 Å². The predicted octanol–water partition coefficient (Wildman–Crippen LogP) is 1.65. The van der Waals surface area contributed by atoms with Gasteiger partial charge in [0.15, 0.2) is 12.3 Å². The first kappa shape index (κ1) is 20.3. The quantitative estimate of drug-likeness (QED) is 0.215. The highest BCUT2D eigenvalue weighted by atomic mass is 16.6. The van der Waals surface area contributed by atoms with Crippen molar-refractivity contribution >= 4 is 24.1 Å². The Bertz CT molecular complexity index is 859. The van der Waals surface area contributed by atoms with Crippen molar-refractivity contribution in [2.45, 2.75) is 38.6 Å². The maximum absolute atomic E-state index is 12.7. The molecule has 2 saturated heterocycles. The summed E-state index contributed by atoms with van der Waals surface area (Å²) >= 11 is 0. The fourth-order valence-electron chi connectivity index (χ4n) is 3.08. The molecule has 0 aromatic heterocycles. The number of esters is 2. The average molecular weight is 399 g/mol. The standard InChI is InChI=1S/C21H21NO7/c1-14(24)27-10-6-5-9-16(12-23)20-19(22-17(25)11-18(22)29-20)21(26)28-13-15-7-3-2-4-8-15/h2-8,12,18-19H,9-11,13H2,1H3/b6-5-,20-16+/t18-,19?/m1/s1. The van der Waals surface area contributed by atoms with Crippen LogP contribution in [0.3, 0.4) is 0 Å². The molecule has 1 aromatic rings. The molecule has 2 atom stereocenters. The van der Waals surface area contributed by atoms with Gasteiger partial charge in [0.1, 0.15) is 25.3 Å². The number of carbonyl (C=O) groups is 4. The van der Waals surface area contributed by atoms with Gasteiger partial charge in [0.25, 0.3) is 0 Å². The molecule has 152 valence electrons. The zero-order chi connectivity index (χ0) is 20.8. The van der Waals surface area contributed by atoms with Gasteiger partial charge < -0.3 is 14.2 Å². The summed E-state index contributed by atoms with van der Waals surface area (Å²) in [6, 6.07) is 8.07. The summed E-state index contributed by atoms with van der Waals surface area (Å²) in [5, 5.41) is 0. The van der Waals surface area contributed by atoms with Gasteiger partial charge >= 0.3 is 11.9 Å². The van der Waals surface area contributed by atoms with Crippen LogP contribution in [-0.4, -0.2) is 47.9 Å². The number of nitrogens with zero attached hydrogens (tertiary/aromatic N) is 1. The van der Waals surface area contributed by atoms with Gasteiger partial charge in [0.05, 0.1) is 6.42 Å². The highest BCUT2D eigenvalue weighted by Crippen LogP contribution is 2.38. The molecule has 0 N–H and O–H groups in total. The second kappa shape index (κ2) is 9.18. The highest BCUT2D eigenvalue weighted by Gasteiger charge is 2.55. The number of β-lactam (4-membered cyclic amide) rings is 1. The Morgan fingerprint density at radius 1 is 1.21 bits per heavy atom. The van der Waals surface area contributed by atoms with Crippen molar-refractivity contribution in [2.24, 2.45) is 0 Å². The topological polar surface area (TPSA) is 99.2 Å². The SMILES string of the molecule is CC(=O)OC/C=C\C/C(C=O)=C1\O[C@@H]2CC(=O)N2C1C(=O)OCc1ccccc1. The second-order valence-electron chi connectivity index (χ2n) is 6.56. The van der Waals surface area contributed by atoms with Crippen LogP contribution in [0.25, 0.3) is 0 Å². The van der Waals surface area contributed by atoms with Crippen molar-refractivity contribution in [3.63, 3.8) is 0 Å². The van der Waals surface area contributed by atoms with Crippen LogP contribution in [0, 0.1) is 0 Å². The predicted molar refractivity (Wildman–Crippen MR) is 99.8 cm³/mol. The molecule has 0 aliphatic carbocycles. The number of hydrogen-bond acceptors (Lipinski definition) is 7. The van der Waals surface area contributed by atoms with E-state index >= 15 is 0 Å². The molecular formula is C21H21NO7. The lowest BCUT2D eigenvalue weighted by atomic mass is 10.0. The van der Waals surface area contributed by atoms with Crippen molar-refractivity contribution in [3.05, 3.63) is 59.4 Å². The molecule has 1 aromatic carbocycles. The first-order chi connectivity index (χ1) is 14.0. The van der Waals surface area contributed by atoms with E-state index in [0.717, 1.165) is 5.56 Å². The molecule has 1 unspecified atom stereocenters. The summed E-state index contributed by atoms with van der Waals surface area (Å²) in [5.74, 6) is -1.16. The lowest BCUT2D eigenvalue weighted by Crippen LogP contribution is -2.55. The van der Waals surface area contributed by atoms with Gasteiger partial charge in [0, 0.05) is 12.5 Å². The Kier molecular flexibility index (Phi) is 6.43. The fraction of sp³-hybridized carbons (Fsp3) is 0.333. The Labute approximate surface area is 167 Å². The van der Waals surface area contributed by atoms with E-state index < -0.39 is 24.2 Å². The van der Waals surface area contributed by atoms with Crippen LogP contribution < -0.4 is 0 Å². The van der Waals surface area contributed by atoms with Gasteiger partial charge in [-0.2, -0.15) is 0 Å². The minimum atomic E-state index is -1.08. The fourth-order valence-corrected chi connectivity index (χ4v) is 3.08. The summed E-state index contributed by atoms with van der Waals surface area (Å²) < 4.78 is 15.9. The number of fused-ring (bicyclic) bond motifs is 1. The molecule has 29 heavy (non-hydrogen) atoms. The number of rotatable bonds is 8. The van der Waals surface area contributed by atoms with E-state index in [0.29, 0.717) is 6.29 Å². The summed E-state index contributed by atoms with van der Waals surface area (Å²) in [6.45, 7) is 1.42. The number of allylic oxidation sites excluding steroid dienone is 2. The van der Waals surface area contributed by atoms with E-state index in [9.17, 15) is 19.2 Å². The number of amides is 1. The molecule has 0 saturated carbocycles. The normalized spacial score (nSPS) is 21.8. The molecule has 2 fully saturated rings. The zero-order valence-electron chi connectivity index (χ0n) is 15.9. The van der Waals surface area contributed by atoms with Crippen LogP contribution in [-0.2, 0) is 40.0 Å². The molecule has 2 heterocycles. The van der Waals surface area contributed by atoms with Crippen LogP contribution in [0.15, 0.2) is 53.8 Å². The monoisotopic (exact) mass is 399 g/mol. The molecule has 8 heteroatoms. The van der Waals surface area contributed by atoms with E-state index in [-0.39, 0.29) is 43.3 Å². The molecular weight excluding hydrogens is 378 g/mol. The second-order valence-corrected chi connectivity index (χ2v) is 6.56. The minimum Gasteiger partial charge on any atom is -0.471 e. The van der Waals surface area contributed by atoms with Gasteiger partial charge in [-0.3, -0.25) is 19.3 Å². The number of hydrogen-bond donors (Lipinski definition) is 0. The van der Waals surface area contributed by atoms with Gasteiger partial charge in [-0.05, 0) is 12.0 Å². The van der Waals surface area contributed by atoms with Gasteiger partial charge in [0.2, 0.25) is 5.91 Å². The number of ether oxygens (including phenoxy) is 3. The molecule has 2 aliphatic rings. The maximum atomic E-state index is 12.7.